The lowest BCUT2D eigenvalue weighted by atomic mass is 9.76. The Labute approximate surface area is 355 Å². The number of rotatable bonds is 9. The van der Waals surface area contributed by atoms with Crippen LogP contribution in [-0.2, 0) is 14.4 Å². The molecule has 59 heavy (non-hydrogen) atoms. The van der Waals surface area contributed by atoms with Gasteiger partial charge in [0.15, 0.2) is 5.78 Å². The first-order valence-corrected chi connectivity index (χ1v) is 22.6. The normalized spacial score (nSPS) is 27.9. The van der Waals surface area contributed by atoms with Crippen LogP contribution in [0.3, 0.4) is 0 Å². The number of amides is 5. The molecule has 3 N–H and O–H groups in total. The zero-order valence-electron chi connectivity index (χ0n) is 38.6. The second kappa shape index (κ2) is 17.8. The molecule has 5 amide bonds. The molecule has 2 aliphatic heterocycles. The monoisotopic (exact) mass is 820 g/mol. The molecule has 9 atom stereocenters. The van der Waals surface area contributed by atoms with Crippen molar-refractivity contribution in [2.45, 2.75) is 178 Å². The van der Waals surface area contributed by atoms with Crippen molar-refractivity contribution < 1.29 is 24.0 Å². The fourth-order valence-electron chi connectivity index (χ4n) is 11.0. The lowest BCUT2D eigenvalue weighted by molar-refractivity contribution is -0.142. The number of nitrogens with one attached hydrogen (secondary N) is 3. The predicted octanol–water partition coefficient (Wildman–Crippen LogP) is 7.43. The van der Waals surface area contributed by atoms with E-state index in [1.165, 1.54) is 44.3 Å². The highest BCUT2D eigenvalue weighted by atomic mass is 16.2. The molecule has 1 unspecified atom stereocenters. The summed E-state index contributed by atoms with van der Waals surface area (Å²) in [7, 11) is 0. The minimum atomic E-state index is -0.617. The van der Waals surface area contributed by atoms with Gasteiger partial charge in [-0.1, -0.05) is 81.1 Å². The number of aromatic nitrogens is 2. The Kier molecular flexibility index (Phi) is 14.0. The molecule has 12 nitrogen and oxygen atoms in total. The maximum Gasteiger partial charge on any atom is 0.315 e. The van der Waals surface area contributed by atoms with Gasteiger partial charge < -0.3 is 25.8 Å². The van der Waals surface area contributed by atoms with Crippen LogP contribution in [0.5, 0.6) is 0 Å². The van der Waals surface area contributed by atoms with Crippen LogP contribution in [0.15, 0.2) is 18.6 Å². The van der Waals surface area contributed by atoms with E-state index in [4.69, 9.17) is 0 Å². The standard InChI is InChI=1S/C28H42N4O3.C19H35N3O2/c1-18-21-12-8-11-20(21)17-32(18)27(35)25(28(2,3)4)31-26(34)22(19-9-6-5-7-10-19)15-24(33)23-16-29-13-14-30-23;1-11-13-12(19(13,8)9)10-22(11)15(23)14(17(2,3)4)20-16(24)21-18(5,6)7/h13-14,16,18-22,25H,5-12,15,17H2,1-4H3,(H,31,34);11-14H,10H2,1-9H3,(H2,20,21,24)/t18-,20+,21-,22+,25-;11-,12?,13-,14-/m11/s1. The van der Waals surface area contributed by atoms with Crippen molar-refractivity contribution >= 4 is 29.5 Å². The molecule has 3 aliphatic carbocycles. The first kappa shape index (κ1) is 46.5. The number of hydrogen-bond donors (Lipinski definition) is 3. The second-order valence-electron chi connectivity index (χ2n) is 22.4. The third-order valence-electron chi connectivity index (χ3n) is 14.5. The number of carbonyl (C=O) groups excluding carboxylic acids is 5. The summed E-state index contributed by atoms with van der Waals surface area (Å²) in [6, 6.07) is -0.969. The molecule has 6 rings (SSSR count). The van der Waals surface area contributed by atoms with E-state index in [2.05, 4.69) is 53.6 Å². The fourth-order valence-corrected chi connectivity index (χ4v) is 11.0. The summed E-state index contributed by atoms with van der Waals surface area (Å²) in [5.41, 5.74) is -0.459. The zero-order chi connectivity index (χ0) is 43.8. The Morgan fingerprint density at radius 1 is 0.763 bits per heavy atom. The maximum absolute atomic E-state index is 13.8. The van der Waals surface area contributed by atoms with Gasteiger partial charge >= 0.3 is 6.03 Å². The van der Waals surface area contributed by atoms with Gasteiger partial charge in [-0.3, -0.25) is 24.2 Å². The lowest BCUT2D eigenvalue weighted by Gasteiger charge is -2.37. The highest BCUT2D eigenvalue weighted by Gasteiger charge is 2.66. The third kappa shape index (κ3) is 10.9. The summed E-state index contributed by atoms with van der Waals surface area (Å²) in [4.78, 5) is 78.3. The van der Waals surface area contributed by atoms with Crippen LogP contribution in [0.2, 0.25) is 0 Å². The van der Waals surface area contributed by atoms with Gasteiger partial charge in [0.1, 0.15) is 17.8 Å². The van der Waals surface area contributed by atoms with E-state index in [1.807, 2.05) is 72.1 Å². The van der Waals surface area contributed by atoms with Crippen molar-refractivity contribution in [3.05, 3.63) is 24.3 Å². The molecule has 0 aromatic carbocycles. The fraction of sp³-hybridized carbons (Fsp3) is 0.809. The highest BCUT2D eigenvalue weighted by Crippen LogP contribution is 2.64. The van der Waals surface area contributed by atoms with Crippen LogP contribution < -0.4 is 16.0 Å². The van der Waals surface area contributed by atoms with E-state index in [0.717, 1.165) is 38.8 Å². The first-order chi connectivity index (χ1) is 27.3. The average Bonchev–Trinajstić information content (AvgIpc) is 3.57. The van der Waals surface area contributed by atoms with Crippen LogP contribution in [0.25, 0.3) is 0 Å². The molecule has 12 heteroatoms. The zero-order valence-corrected chi connectivity index (χ0v) is 38.6. The van der Waals surface area contributed by atoms with Crippen molar-refractivity contribution in [2.75, 3.05) is 13.1 Å². The van der Waals surface area contributed by atoms with Crippen molar-refractivity contribution in [3.63, 3.8) is 0 Å². The number of urea groups is 1. The molecule has 5 fully saturated rings. The van der Waals surface area contributed by atoms with Crippen LogP contribution in [0, 0.1) is 51.8 Å². The number of ketones is 1. The van der Waals surface area contributed by atoms with Gasteiger partial charge in [-0.25, -0.2) is 9.78 Å². The van der Waals surface area contributed by atoms with Crippen LogP contribution in [-0.4, -0.2) is 92.1 Å². The molecule has 3 heterocycles. The van der Waals surface area contributed by atoms with Gasteiger partial charge in [-0.15, -0.1) is 0 Å². The largest absolute Gasteiger partial charge is 0.344 e. The SMILES string of the molecule is C[C@@H]1[C@@H]2C(CN1C(=O)[C@@H](NC(=O)NC(C)(C)C)C(C)(C)C)C2(C)C.C[C@@H]1[C@H]2CCC[C@H]2CN1C(=O)[C@@H](NC(=O)[C@@H](CC(=O)c1cnccn1)C1CCCCC1)C(C)(C)C. The van der Waals surface area contributed by atoms with Gasteiger partial charge in [0.2, 0.25) is 17.7 Å². The van der Waals surface area contributed by atoms with E-state index >= 15 is 0 Å². The van der Waals surface area contributed by atoms with Gasteiger partial charge in [-0.2, -0.15) is 0 Å². The summed E-state index contributed by atoms with van der Waals surface area (Å²) in [6.45, 7) is 28.3. The predicted molar refractivity (Wildman–Crippen MR) is 231 cm³/mol. The molecule has 3 saturated carbocycles. The van der Waals surface area contributed by atoms with Crippen molar-refractivity contribution in [1.82, 2.24) is 35.7 Å². The van der Waals surface area contributed by atoms with Crippen LogP contribution in [0.4, 0.5) is 4.79 Å². The number of likely N-dealkylation sites (tertiary alicyclic amines) is 2. The minimum Gasteiger partial charge on any atom is -0.344 e. The van der Waals surface area contributed by atoms with Gasteiger partial charge in [0, 0.05) is 55.4 Å². The maximum atomic E-state index is 13.8. The molecule has 0 bridgehead atoms. The molecule has 5 aliphatic rings. The number of piperidine rings is 1. The average molecular weight is 820 g/mol. The summed E-state index contributed by atoms with van der Waals surface area (Å²) >= 11 is 0. The summed E-state index contributed by atoms with van der Waals surface area (Å²) in [5.74, 6) is 1.77. The Hall–Kier alpha value is -3.57. The Morgan fingerprint density at radius 2 is 1.36 bits per heavy atom. The van der Waals surface area contributed by atoms with Gasteiger partial charge in [-0.05, 0) is 106 Å². The summed E-state index contributed by atoms with van der Waals surface area (Å²) in [5, 5.41) is 8.96. The van der Waals surface area contributed by atoms with Crippen molar-refractivity contribution in [1.29, 1.82) is 0 Å². The molecule has 0 spiro atoms. The molecule has 1 aromatic rings. The molecular weight excluding hydrogens is 743 g/mol. The summed E-state index contributed by atoms with van der Waals surface area (Å²) < 4.78 is 0. The highest BCUT2D eigenvalue weighted by molar-refractivity contribution is 5.98. The van der Waals surface area contributed by atoms with Crippen molar-refractivity contribution in [2.24, 2.45) is 51.8 Å². The van der Waals surface area contributed by atoms with E-state index in [-0.39, 0.29) is 64.9 Å². The van der Waals surface area contributed by atoms with Crippen LogP contribution in [0.1, 0.15) is 158 Å². The second-order valence-corrected chi connectivity index (χ2v) is 22.4. The van der Waals surface area contributed by atoms with Crippen LogP contribution >= 0.6 is 0 Å². The minimum absolute atomic E-state index is 0.0235. The van der Waals surface area contributed by atoms with E-state index in [9.17, 15) is 24.0 Å². The molecule has 0 radical (unpaired) electrons. The summed E-state index contributed by atoms with van der Waals surface area (Å²) in [6.07, 6.45) is 13.4. The number of carbonyl (C=O) groups is 5. The van der Waals surface area contributed by atoms with E-state index in [0.29, 0.717) is 34.8 Å². The van der Waals surface area contributed by atoms with E-state index < -0.39 is 23.4 Å². The number of hydrogen-bond acceptors (Lipinski definition) is 7. The molecule has 2 saturated heterocycles. The van der Waals surface area contributed by atoms with E-state index in [1.54, 1.807) is 0 Å². The first-order valence-electron chi connectivity index (χ1n) is 22.6. The quantitative estimate of drug-likeness (QED) is 0.219. The number of Topliss-reactive ketones (excluding diaryl/α,β-unsaturated/α-hetero) is 1. The van der Waals surface area contributed by atoms with Gasteiger partial charge in [0.25, 0.3) is 0 Å². The topological polar surface area (TPSA) is 154 Å². The Bertz CT molecular complexity index is 1670. The number of fused-ring (bicyclic) bond motifs is 2. The molecule has 330 valence electrons. The Morgan fingerprint density at radius 3 is 1.86 bits per heavy atom. The Balaban J connectivity index is 0.000000241. The molecular formula is C47H77N7O5. The smallest absolute Gasteiger partial charge is 0.315 e. The third-order valence-corrected chi connectivity index (χ3v) is 14.5. The molecule has 1 aromatic heterocycles. The lowest BCUT2D eigenvalue weighted by Crippen LogP contribution is -2.59. The number of nitrogens with zero attached hydrogens (tertiary/aromatic N) is 4. The van der Waals surface area contributed by atoms with Gasteiger partial charge in [0.05, 0.1) is 6.20 Å². The van der Waals surface area contributed by atoms with Crippen molar-refractivity contribution in [3.8, 4) is 0 Å².